The molecule has 0 aliphatic carbocycles. The minimum Gasteiger partial charge on any atom is -0.301 e. The summed E-state index contributed by atoms with van der Waals surface area (Å²) >= 11 is 0. The Kier molecular flexibility index (Phi) is 9.05. The fourth-order valence-corrected chi connectivity index (χ4v) is 2.85. The van der Waals surface area contributed by atoms with E-state index in [0.717, 1.165) is 32.6 Å². The van der Waals surface area contributed by atoms with Crippen molar-refractivity contribution in [1.29, 1.82) is 0 Å². The second-order valence-electron chi connectivity index (χ2n) is 5.61. The van der Waals surface area contributed by atoms with Gasteiger partial charge in [0.25, 0.3) is 0 Å². The van der Waals surface area contributed by atoms with E-state index in [0.29, 0.717) is 0 Å². The smallest absolute Gasteiger partial charge is 0.0257 e. The van der Waals surface area contributed by atoms with Crippen molar-refractivity contribution in [1.82, 2.24) is 9.91 Å². The Morgan fingerprint density at radius 2 is 1.77 bits per heavy atom. The van der Waals surface area contributed by atoms with Crippen molar-refractivity contribution in [2.24, 2.45) is 5.84 Å². The number of benzene rings is 1. The summed E-state index contributed by atoms with van der Waals surface area (Å²) in [6.45, 7) is 13.7. The van der Waals surface area contributed by atoms with Crippen LogP contribution in [0.3, 0.4) is 0 Å². The normalized spacial score (nSPS) is 17.0. The third-order valence-electron chi connectivity index (χ3n) is 4.17. The van der Waals surface area contributed by atoms with E-state index in [9.17, 15) is 0 Å². The Morgan fingerprint density at radius 1 is 1.14 bits per heavy atom. The molecular formula is C19H33N3. The number of nitrogens with two attached hydrogens (primary N) is 1. The number of hydrogen-bond donors (Lipinski definition) is 1. The van der Waals surface area contributed by atoms with Gasteiger partial charge in [0.15, 0.2) is 0 Å². The van der Waals surface area contributed by atoms with Crippen molar-refractivity contribution in [3.8, 4) is 0 Å². The van der Waals surface area contributed by atoms with Crippen LogP contribution < -0.4 is 5.84 Å². The maximum absolute atomic E-state index is 5.79. The molecule has 3 heteroatoms. The van der Waals surface area contributed by atoms with Gasteiger partial charge in [0.05, 0.1) is 0 Å². The van der Waals surface area contributed by atoms with Crippen LogP contribution in [0, 0.1) is 6.92 Å². The van der Waals surface area contributed by atoms with Gasteiger partial charge in [0.2, 0.25) is 0 Å². The van der Waals surface area contributed by atoms with Crippen molar-refractivity contribution in [3.63, 3.8) is 0 Å². The molecule has 1 fully saturated rings. The summed E-state index contributed by atoms with van der Waals surface area (Å²) in [7, 11) is 0. The third-order valence-corrected chi connectivity index (χ3v) is 4.17. The number of nitrogens with zero attached hydrogens (tertiary/aromatic N) is 2. The zero-order valence-electron chi connectivity index (χ0n) is 14.8. The fraction of sp³-hybridized carbons (Fsp3) is 0.579. The first-order valence-corrected chi connectivity index (χ1v) is 8.64. The largest absolute Gasteiger partial charge is 0.301 e. The monoisotopic (exact) mass is 303 g/mol. The van der Waals surface area contributed by atoms with E-state index in [-0.39, 0.29) is 0 Å². The molecule has 1 aliphatic heterocycles. The summed E-state index contributed by atoms with van der Waals surface area (Å²) in [6, 6.07) is 8.67. The summed E-state index contributed by atoms with van der Waals surface area (Å²) in [5, 5.41) is 1.92. The van der Waals surface area contributed by atoms with Gasteiger partial charge in [-0.2, -0.15) is 0 Å². The standard InChI is InChI=1S/C17H27N3.C2H6/c1-3-16(17-9-5-4-7-15(17)2)8-6-10-19-11-13-20(18)14-12-19;1-2/h3-5,7,9H,6,8,10-14,18H2,1-2H3;1-2H3/b16-3-;. The molecule has 0 atom stereocenters. The summed E-state index contributed by atoms with van der Waals surface area (Å²) in [5.74, 6) is 5.79. The van der Waals surface area contributed by atoms with Crippen LogP contribution >= 0.6 is 0 Å². The molecule has 22 heavy (non-hydrogen) atoms. The zero-order chi connectivity index (χ0) is 16.4. The predicted molar refractivity (Wildman–Crippen MR) is 97.6 cm³/mol. The molecule has 1 saturated heterocycles. The van der Waals surface area contributed by atoms with Gasteiger partial charge in [-0.3, -0.25) is 5.84 Å². The minimum absolute atomic E-state index is 0.994. The van der Waals surface area contributed by atoms with Crippen LogP contribution in [0.2, 0.25) is 0 Å². The highest BCUT2D eigenvalue weighted by molar-refractivity contribution is 5.67. The van der Waals surface area contributed by atoms with Gasteiger partial charge in [0, 0.05) is 26.2 Å². The number of allylic oxidation sites excluding steroid dienone is 2. The van der Waals surface area contributed by atoms with Crippen LogP contribution in [-0.2, 0) is 0 Å². The van der Waals surface area contributed by atoms with Crippen molar-refractivity contribution in [3.05, 3.63) is 41.5 Å². The predicted octanol–water partition coefficient (Wildman–Crippen LogP) is 3.70. The van der Waals surface area contributed by atoms with Crippen LogP contribution in [0.4, 0.5) is 0 Å². The molecule has 3 nitrogen and oxygen atoms in total. The molecule has 2 rings (SSSR count). The molecule has 0 amide bonds. The quantitative estimate of drug-likeness (QED) is 0.842. The highest BCUT2D eigenvalue weighted by Gasteiger charge is 2.13. The van der Waals surface area contributed by atoms with Gasteiger partial charge in [-0.25, -0.2) is 5.01 Å². The van der Waals surface area contributed by atoms with Crippen molar-refractivity contribution in [2.45, 2.75) is 40.5 Å². The molecular weight excluding hydrogens is 270 g/mol. The van der Waals surface area contributed by atoms with Crippen LogP contribution in [0.5, 0.6) is 0 Å². The fourth-order valence-electron chi connectivity index (χ4n) is 2.85. The van der Waals surface area contributed by atoms with Crippen LogP contribution in [0.1, 0.15) is 44.7 Å². The summed E-state index contributed by atoms with van der Waals surface area (Å²) in [6.07, 6.45) is 4.64. The average molecular weight is 303 g/mol. The van der Waals surface area contributed by atoms with Gasteiger partial charge in [-0.1, -0.05) is 44.2 Å². The van der Waals surface area contributed by atoms with E-state index in [1.165, 1.54) is 29.7 Å². The lowest BCUT2D eigenvalue weighted by molar-refractivity contribution is 0.133. The molecule has 1 aromatic carbocycles. The van der Waals surface area contributed by atoms with Crippen molar-refractivity contribution >= 4 is 5.57 Å². The Bertz CT molecular complexity index is 446. The second-order valence-corrected chi connectivity index (χ2v) is 5.61. The zero-order valence-corrected chi connectivity index (χ0v) is 14.8. The number of piperazine rings is 1. The van der Waals surface area contributed by atoms with E-state index >= 15 is 0 Å². The molecule has 1 heterocycles. The van der Waals surface area contributed by atoms with Gasteiger partial charge in [0.1, 0.15) is 0 Å². The molecule has 0 saturated carbocycles. The molecule has 0 spiro atoms. The van der Waals surface area contributed by atoms with Crippen LogP contribution in [-0.4, -0.2) is 42.6 Å². The third kappa shape index (κ3) is 5.91. The number of aryl methyl sites for hydroxylation is 1. The van der Waals surface area contributed by atoms with Gasteiger partial charge >= 0.3 is 0 Å². The molecule has 0 radical (unpaired) electrons. The topological polar surface area (TPSA) is 32.5 Å². The van der Waals surface area contributed by atoms with Gasteiger partial charge in [-0.15, -0.1) is 0 Å². The van der Waals surface area contributed by atoms with E-state index in [4.69, 9.17) is 5.84 Å². The first kappa shape index (κ1) is 18.9. The lowest BCUT2D eigenvalue weighted by Crippen LogP contribution is -2.49. The van der Waals surface area contributed by atoms with E-state index < -0.39 is 0 Å². The number of hydrogen-bond acceptors (Lipinski definition) is 3. The van der Waals surface area contributed by atoms with E-state index in [1.54, 1.807) is 0 Å². The molecule has 1 aromatic rings. The lowest BCUT2D eigenvalue weighted by atomic mass is 9.96. The SMILES string of the molecule is C/C=C(/CCCN1CCN(N)CC1)c1ccccc1C.CC. The average Bonchev–Trinajstić information content (AvgIpc) is 2.56. The van der Waals surface area contributed by atoms with Gasteiger partial charge < -0.3 is 4.90 Å². The van der Waals surface area contributed by atoms with Crippen molar-refractivity contribution < 1.29 is 0 Å². The first-order valence-electron chi connectivity index (χ1n) is 8.64. The maximum atomic E-state index is 5.79. The van der Waals surface area contributed by atoms with Gasteiger partial charge in [-0.05, 0) is 49.9 Å². The highest BCUT2D eigenvalue weighted by Crippen LogP contribution is 2.23. The van der Waals surface area contributed by atoms with Crippen molar-refractivity contribution in [2.75, 3.05) is 32.7 Å². The Balaban J connectivity index is 0.00000116. The molecule has 124 valence electrons. The summed E-state index contributed by atoms with van der Waals surface area (Å²) in [4.78, 5) is 2.52. The minimum atomic E-state index is 0.994. The van der Waals surface area contributed by atoms with E-state index in [2.05, 4.69) is 49.1 Å². The summed E-state index contributed by atoms with van der Waals surface area (Å²) < 4.78 is 0. The highest BCUT2D eigenvalue weighted by atomic mass is 15.4. The number of rotatable bonds is 5. The Labute approximate surface area is 136 Å². The Hall–Kier alpha value is -1.16. The molecule has 0 unspecified atom stereocenters. The lowest BCUT2D eigenvalue weighted by Gasteiger charge is -2.31. The maximum Gasteiger partial charge on any atom is 0.0257 e. The molecule has 0 bridgehead atoms. The van der Waals surface area contributed by atoms with Crippen LogP contribution in [0.15, 0.2) is 30.3 Å². The Morgan fingerprint density at radius 3 is 2.36 bits per heavy atom. The first-order chi connectivity index (χ1) is 10.7. The van der Waals surface area contributed by atoms with Crippen LogP contribution in [0.25, 0.3) is 5.57 Å². The van der Waals surface area contributed by atoms with E-state index in [1.807, 2.05) is 18.9 Å². The second kappa shape index (κ2) is 10.5. The summed E-state index contributed by atoms with van der Waals surface area (Å²) in [5.41, 5.74) is 4.25. The molecule has 2 N–H and O–H groups in total. The number of hydrazine groups is 1. The molecule has 1 aliphatic rings. The molecule has 0 aromatic heterocycles.